The van der Waals surface area contributed by atoms with Crippen molar-refractivity contribution in [1.82, 2.24) is 9.21 Å². The van der Waals surface area contributed by atoms with Crippen LogP contribution in [0.2, 0.25) is 0 Å². The lowest BCUT2D eigenvalue weighted by atomic mass is 10.2. The van der Waals surface area contributed by atoms with Crippen molar-refractivity contribution in [2.24, 2.45) is 0 Å². The molecule has 0 aliphatic carbocycles. The largest absolute Gasteiger partial charge is 0.296 e. The van der Waals surface area contributed by atoms with Crippen molar-refractivity contribution in [3.8, 4) is 0 Å². The summed E-state index contributed by atoms with van der Waals surface area (Å²) < 4.78 is 40.4. The Hall–Kier alpha value is -1.76. The third-order valence-electron chi connectivity index (χ3n) is 4.35. The van der Waals surface area contributed by atoms with Crippen molar-refractivity contribution in [3.63, 3.8) is 0 Å². The van der Waals surface area contributed by atoms with E-state index in [0.29, 0.717) is 31.7 Å². The lowest BCUT2D eigenvalue weighted by Gasteiger charge is -2.34. The standard InChI is InChI=1S/C18H21FN2O2S/c1-15-7-8-17(19)13-18(15)24(22,23)21-11-9-20(10-12-21)14-16-5-3-2-4-6-16/h2-8,13H,9-12,14H2,1H3. The summed E-state index contributed by atoms with van der Waals surface area (Å²) in [6.07, 6.45) is 0. The summed E-state index contributed by atoms with van der Waals surface area (Å²) in [6, 6.07) is 14.0. The number of aryl methyl sites for hydroxylation is 1. The van der Waals surface area contributed by atoms with Crippen LogP contribution in [0.15, 0.2) is 53.4 Å². The van der Waals surface area contributed by atoms with E-state index in [-0.39, 0.29) is 4.90 Å². The monoisotopic (exact) mass is 348 g/mol. The second kappa shape index (κ2) is 7.01. The van der Waals surface area contributed by atoms with E-state index >= 15 is 0 Å². The van der Waals surface area contributed by atoms with Gasteiger partial charge in [-0.2, -0.15) is 4.31 Å². The summed E-state index contributed by atoms with van der Waals surface area (Å²) in [6.45, 7) is 4.69. The predicted molar refractivity (Wildman–Crippen MR) is 91.6 cm³/mol. The van der Waals surface area contributed by atoms with E-state index in [9.17, 15) is 12.8 Å². The Labute approximate surface area is 142 Å². The van der Waals surface area contributed by atoms with Crippen LogP contribution in [0.5, 0.6) is 0 Å². The molecule has 24 heavy (non-hydrogen) atoms. The van der Waals surface area contributed by atoms with Crippen LogP contribution in [0.4, 0.5) is 4.39 Å². The van der Waals surface area contributed by atoms with Gasteiger partial charge in [0.05, 0.1) is 4.90 Å². The molecular formula is C18H21FN2O2S. The second-order valence-electron chi connectivity index (χ2n) is 6.08. The number of halogens is 1. The molecule has 1 saturated heterocycles. The van der Waals surface area contributed by atoms with E-state index in [1.165, 1.54) is 22.0 Å². The molecule has 3 rings (SSSR count). The van der Waals surface area contributed by atoms with Gasteiger partial charge in [0.15, 0.2) is 0 Å². The van der Waals surface area contributed by atoms with Crippen molar-refractivity contribution in [3.05, 3.63) is 65.5 Å². The van der Waals surface area contributed by atoms with Crippen molar-refractivity contribution < 1.29 is 12.8 Å². The van der Waals surface area contributed by atoms with E-state index in [1.54, 1.807) is 6.92 Å². The van der Waals surface area contributed by atoms with Crippen LogP contribution in [-0.2, 0) is 16.6 Å². The Morgan fingerprint density at radius 2 is 1.67 bits per heavy atom. The molecule has 0 amide bonds. The Kier molecular flexibility index (Phi) is 4.99. The first kappa shape index (κ1) is 17.1. The number of nitrogens with zero attached hydrogens (tertiary/aromatic N) is 2. The summed E-state index contributed by atoms with van der Waals surface area (Å²) >= 11 is 0. The summed E-state index contributed by atoms with van der Waals surface area (Å²) in [4.78, 5) is 2.30. The molecule has 0 bridgehead atoms. The van der Waals surface area contributed by atoms with Gasteiger partial charge in [-0.25, -0.2) is 12.8 Å². The van der Waals surface area contributed by atoms with E-state index in [2.05, 4.69) is 17.0 Å². The summed E-state index contributed by atoms with van der Waals surface area (Å²) in [5.41, 5.74) is 1.79. The van der Waals surface area contributed by atoms with Gasteiger partial charge < -0.3 is 0 Å². The van der Waals surface area contributed by atoms with Crippen LogP contribution in [0.3, 0.4) is 0 Å². The smallest absolute Gasteiger partial charge is 0.243 e. The Morgan fingerprint density at radius 1 is 1.00 bits per heavy atom. The minimum absolute atomic E-state index is 0.0685. The molecule has 4 nitrogen and oxygen atoms in total. The zero-order valence-corrected chi connectivity index (χ0v) is 14.5. The van der Waals surface area contributed by atoms with Crippen molar-refractivity contribution in [2.45, 2.75) is 18.4 Å². The van der Waals surface area contributed by atoms with Crippen LogP contribution in [0, 0.1) is 12.7 Å². The maximum atomic E-state index is 13.5. The van der Waals surface area contributed by atoms with Crippen LogP contribution < -0.4 is 0 Å². The molecule has 0 N–H and O–H groups in total. The first-order valence-electron chi connectivity index (χ1n) is 7.99. The van der Waals surface area contributed by atoms with Gasteiger partial charge in [0.2, 0.25) is 10.0 Å². The molecule has 0 atom stereocenters. The molecule has 0 spiro atoms. The van der Waals surface area contributed by atoms with Gasteiger partial charge in [0, 0.05) is 32.7 Å². The van der Waals surface area contributed by atoms with Gasteiger partial charge in [0.25, 0.3) is 0 Å². The highest BCUT2D eigenvalue weighted by Gasteiger charge is 2.29. The normalized spacial score (nSPS) is 17.1. The van der Waals surface area contributed by atoms with E-state index in [4.69, 9.17) is 0 Å². The van der Waals surface area contributed by atoms with E-state index in [0.717, 1.165) is 12.6 Å². The topological polar surface area (TPSA) is 40.6 Å². The number of piperazine rings is 1. The third kappa shape index (κ3) is 3.66. The molecule has 1 heterocycles. The van der Waals surface area contributed by atoms with Crippen LogP contribution in [0.25, 0.3) is 0 Å². The molecule has 1 fully saturated rings. The molecule has 0 aromatic heterocycles. The molecule has 0 unspecified atom stereocenters. The fourth-order valence-electron chi connectivity index (χ4n) is 2.96. The predicted octanol–water partition coefficient (Wildman–Crippen LogP) is 2.64. The van der Waals surface area contributed by atoms with Crippen molar-refractivity contribution in [1.29, 1.82) is 0 Å². The number of benzene rings is 2. The maximum Gasteiger partial charge on any atom is 0.243 e. The number of hydrogen-bond donors (Lipinski definition) is 0. The quantitative estimate of drug-likeness (QED) is 0.853. The van der Waals surface area contributed by atoms with Gasteiger partial charge in [-0.05, 0) is 30.2 Å². The number of hydrogen-bond acceptors (Lipinski definition) is 3. The third-order valence-corrected chi connectivity index (χ3v) is 6.39. The van der Waals surface area contributed by atoms with Gasteiger partial charge >= 0.3 is 0 Å². The highest BCUT2D eigenvalue weighted by molar-refractivity contribution is 7.89. The minimum atomic E-state index is -3.64. The molecule has 2 aromatic rings. The molecule has 1 aliphatic rings. The number of sulfonamides is 1. The van der Waals surface area contributed by atoms with E-state index < -0.39 is 15.8 Å². The first-order chi connectivity index (χ1) is 11.5. The first-order valence-corrected chi connectivity index (χ1v) is 9.43. The second-order valence-corrected chi connectivity index (χ2v) is 7.98. The lowest BCUT2D eigenvalue weighted by Crippen LogP contribution is -2.48. The average Bonchev–Trinajstić information content (AvgIpc) is 2.58. The summed E-state index contributed by atoms with van der Waals surface area (Å²) in [5, 5.41) is 0. The van der Waals surface area contributed by atoms with Crippen molar-refractivity contribution in [2.75, 3.05) is 26.2 Å². The fraction of sp³-hybridized carbons (Fsp3) is 0.333. The zero-order valence-electron chi connectivity index (χ0n) is 13.7. The van der Waals surface area contributed by atoms with Crippen LogP contribution in [0.1, 0.15) is 11.1 Å². The molecule has 0 saturated carbocycles. The molecule has 2 aromatic carbocycles. The molecule has 0 radical (unpaired) electrons. The average molecular weight is 348 g/mol. The lowest BCUT2D eigenvalue weighted by molar-refractivity contribution is 0.181. The van der Waals surface area contributed by atoms with Crippen LogP contribution in [-0.4, -0.2) is 43.8 Å². The summed E-state index contributed by atoms with van der Waals surface area (Å²) in [5.74, 6) is -0.526. The van der Waals surface area contributed by atoms with Gasteiger partial charge in [-0.3, -0.25) is 4.90 Å². The minimum Gasteiger partial charge on any atom is -0.296 e. The number of rotatable bonds is 4. The Balaban J connectivity index is 1.68. The van der Waals surface area contributed by atoms with Gasteiger partial charge in [-0.15, -0.1) is 0 Å². The maximum absolute atomic E-state index is 13.5. The zero-order chi connectivity index (χ0) is 17.2. The molecule has 6 heteroatoms. The molecular weight excluding hydrogens is 327 g/mol. The fourth-order valence-corrected chi connectivity index (χ4v) is 4.62. The van der Waals surface area contributed by atoms with Gasteiger partial charge in [-0.1, -0.05) is 36.4 Å². The van der Waals surface area contributed by atoms with Crippen LogP contribution >= 0.6 is 0 Å². The SMILES string of the molecule is Cc1ccc(F)cc1S(=O)(=O)N1CCN(Cc2ccccc2)CC1. The Morgan fingerprint density at radius 3 is 2.33 bits per heavy atom. The molecule has 128 valence electrons. The summed E-state index contributed by atoms with van der Waals surface area (Å²) in [7, 11) is -3.64. The van der Waals surface area contributed by atoms with Crippen molar-refractivity contribution >= 4 is 10.0 Å². The molecule has 1 aliphatic heterocycles. The van der Waals surface area contributed by atoms with Gasteiger partial charge in [0.1, 0.15) is 5.82 Å². The Bertz CT molecular complexity index is 801. The highest BCUT2D eigenvalue weighted by Crippen LogP contribution is 2.22. The van der Waals surface area contributed by atoms with E-state index in [1.807, 2.05) is 18.2 Å². The highest BCUT2D eigenvalue weighted by atomic mass is 32.2.